The van der Waals surface area contributed by atoms with Crippen LogP contribution in [0.3, 0.4) is 0 Å². The van der Waals surface area contributed by atoms with E-state index in [1.54, 1.807) is 0 Å². The first-order chi connectivity index (χ1) is 5.04. The molecule has 1 unspecified atom stereocenters. The average molecular weight is 158 g/mol. The van der Waals surface area contributed by atoms with Crippen LogP contribution in [-0.2, 0) is 14.3 Å². The van der Waals surface area contributed by atoms with Gasteiger partial charge in [0.05, 0.1) is 0 Å². The maximum atomic E-state index is 10.8. The molecule has 0 aliphatic rings. The van der Waals surface area contributed by atoms with Crippen LogP contribution < -0.4 is 0 Å². The lowest BCUT2D eigenvalue weighted by Gasteiger charge is -2.17. The molecule has 0 rings (SSSR count). The average Bonchev–Trinajstić information content (AvgIpc) is 1.99. The van der Waals surface area contributed by atoms with Gasteiger partial charge < -0.3 is 9.84 Å². The number of carbonyl (C=O) groups excluding carboxylic acids is 2. The highest BCUT2D eigenvalue weighted by atomic mass is 16.5. The Morgan fingerprint density at radius 3 is 2.73 bits per heavy atom. The Kier molecular flexibility index (Phi) is 3.47. The van der Waals surface area contributed by atoms with Crippen LogP contribution in [0.25, 0.3) is 0 Å². The molecule has 0 saturated heterocycles. The molecule has 0 radical (unpaired) electrons. The van der Waals surface area contributed by atoms with E-state index in [0.717, 1.165) is 6.08 Å². The van der Waals surface area contributed by atoms with Gasteiger partial charge in [-0.3, -0.25) is 9.59 Å². The van der Waals surface area contributed by atoms with E-state index in [0.29, 0.717) is 0 Å². The number of ketones is 1. The van der Waals surface area contributed by atoms with Crippen LogP contribution in [0.2, 0.25) is 0 Å². The molecule has 0 aromatic rings. The van der Waals surface area contributed by atoms with Crippen molar-refractivity contribution in [2.75, 3.05) is 6.61 Å². The second-order valence-electron chi connectivity index (χ2n) is 2.25. The van der Waals surface area contributed by atoms with Gasteiger partial charge in [-0.1, -0.05) is 6.58 Å². The second kappa shape index (κ2) is 3.88. The predicted octanol–water partition coefficient (Wildman–Crippen LogP) is -0.335. The normalized spacial score (nSPS) is 14.7. The Morgan fingerprint density at radius 2 is 2.36 bits per heavy atom. The predicted molar refractivity (Wildman–Crippen MR) is 37.8 cm³/mol. The highest BCUT2D eigenvalue weighted by molar-refractivity contribution is 5.96. The Hall–Kier alpha value is -1.16. The molecule has 0 amide bonds. The standard InChI is InChI=1S/C7H10O4/c1-3-6(9)7(2,10)4-11-5-8/h3,5,10H,1,4H2,2H3. The zero-order chi connectivity index (χ0) is 8.91. The first-order valence-corrected chi connectivity index (χ1v) is 2.99. The summed E-state index contributed by atoms with van der Waals surface area (Å²) in [5, 5.41) is 9.21. The summed E-state index contributed by atoms with van der Waals surface area (Å²) >= 11 is 0. The van der Waals surface area contributed by atoms with E-state index in [4.69, 9.17) is 0 Å². The molecule has 62 valence electrons. The summed E-state index contributed by atoms with van der Waals surface area (Å²) in [4.78, 5) is 20.5. The molecule has 1 atom stereocenters. The van der Waals surface area contributed by atoms with Gasteiger partial charge in [0.1, 0.15) is 6.61 Å². The molecule has 11 heavy (non-hydrogen) atoms. The summed E-state index contributed by atoms with van der Waals surface area (Å²) in [5.74, 6) is -0.570. The lowest BCUT2D eigenvalue weighted by Crippen LogP contribution is -2.38. The molecule has 0 heterocycles. The Morgan fingerprint density at radius 1 is 1.82 bits per heavy atom. The van der Waals surface area contributed by atoms with Crippen molar-refractivity contribution in [3.63, 3.8) is 0 Å². The van der Waals surface area contributed by atoms with Gasteiger partial charge >= 0.3 is 0 Å². The number of ether oxygens (including phenoxy) is 1. The lowest BCUT2D eigenvalue weighted by molar-refractivity contribution is -0.144. The minimum Gasteiger partial charge on any atom is -0.464 e. The quantitative estimate of drug-likeness (QED) is 0.439. The number of rotatable bonds is 5. The van der Waals surface area contributed by atoms with Gasteiger partial charge in [-0.25, -0.2) is 0 Å². The minimum atomic E-state index is -1.65. The summed E-state index contributed by atoms with van der Waals surface area (Å²) in [7, 11) is 0. The maximum Gasteiger partial charge on any atom is 0.293 e. The van der Waals surface area contributed by atoms with E-state index in [1.165, 1.54) is 6.92 Å². The molecule has 0 spiro atoms. The molecule has 0 aromatic heterocycles. The first-order valence-electron chi connectivity index (χ1n) is 2.99. The van der Waals surface area contributed by atoms with Crippen molar-refractivity contribution >= 4 is 12.3 Å². The molecule has 0 aliphatic carbocycles. The van der Waals surface area contributed by atoms with Gasteiger partial charge in [0.2, 0.25) is 0 Å². The summed E-state index contributed by atoms with van der Waals surface area (Å²) in [5.41, 5.74) is -1.65. The molecule has 0 aromatic carbocycles. The summed E-state index contributed by atoms with van der Waals surface area (Å²) in [6, 6.07) is 0. The third kappa shape index (κ3) is 2.95. The van der Waals surface area contributed by atoms with Gasteiger partial charge in [0.25, 0.3) is 6.47 Å². The highest BCUT2D eigenvalue weighted by Crippen LogP contribution is 2.05. The second-order valence-corrected chi connectivity index (χ2v) is 2.25. The minimum absolute atomic E-state index is 0.171. The Balaban J connectivity index is 4.08. The van der Waals surface area contributed by atoms with Crippen LogP contribution in [0.15, 0.2) is 12.7 Å². The van der Waals surface area contributed by atoms with Crippen LogP contribution in [0.4, 0.5) is 0 Å². The van der Waals surface area contributed by atoms with Crippen LogP contribution in [0, 0.1) is 0 Å². The molecule has 0 fully saturated rings. The topological polar surface area (TPSA) is 63.6 Å². The summed E-state index contributed by atoms with van der Waals surface area (Å²) in [6.45, 7) is 4.26. The van der Waals surface area contributed by atoms with Crippen molar-refractivity contribution in [2.24, 2.45) is 0 Å². The molecule has 0 saturated carbocycles. The van der Waals surface area contributed by atoms with Crippen molar-refractivity contribution in [1.82, 2.24) is 0 Å². The zero-order valence-electron chi connectivity index (χ0n) is 6.24. The number of aliphatic hydroxyl groups is 1. The third-order valence-electron chi connectivity index (χ3n) is 1.15. The van der Waals surface area contributed by atoms with Crippen LogP contribution in [0.1, 0.15) is 6.92 Å². The van der Waals surface area contributed by atoms with E-state index < -0.39 is 11.4 Å². The fourth-order valence-corrected chi connectivity index (χ4v) is 0.487. The van der Waals surface area contributed by atoms with Crippen molar-refractivity contribution in [3.8, 4) is 0 Å². The molecule has 1 N–H and O–H groups in total. The fourth-order valence-electron chi connectivity index (χ4n) is 0.487. The summed E-state index contributed by atoms with van der Waals surface area (Å²) in [6.07, 6.45) is 0.980. The lowest BCUT2D eigenvalue weighted by atomic mass is 10.0. The molecule has 4 nitrogen and oxygen atoms in total. The van der Waals surface area contributed by atoms with E-state index in [-0.39, 0.29) is 13.1 Å². The largest absolute Gasteiger partial charge is 0.464 e. The van der Waals surface area contributed by atoms with Crippen molar-refractivity contribution in [2.45, 2.75) is 12.5 Å². The molecule has 4 heteroatoms. The monoisotopic (exact) mass is 158 g/mol. The van der Waals surface area contributed by atoms with Gasteiger partial charge in [-0.2, -0.15) is 0 Å². The zero-order valence-corrected chi connectivity index (χ0v) is 6.24. The fraction of sp³-hybridized carbons (Fsp3) is 0.429. The van der Waals surface area contributed by atoms with Gasteiger partial charge in [-0.15, -0.1) is 0 Å². The molecule has 0 bridgehead atoms. The van der Waals surface area contributed by atoms with E-state index in [2.05, 4.69) is 11.3 Å². The van der Waals surface area contributed by atoms with E-state index >= 15 is 0 Å². The van der Waals surface area contributed by atoms with Crippen molar-refractivity contribution in [3.05, 3.63) is 12.7 Å². The smallest absolute Gasteiger partial charge is 0.293 e. The first kappa shape index (κ1) is 9.84. The van der Waals surface area contributed by atoms with Gasteiger partial charge in [0.15, 0.2) is 11.4 Å². The third-order valence-corrected chi connectivity index (χ3v) is 1.15. The van der Waals surface area contributed by atoms with Crippen molar-refractivity contribution < 1.29 is 19.4 Å². The number of carbonyl (C=O) groups is 2. The van der Waals surface area contributed by atoms with Gasteiger partial charge in [-0.05, 0) is 13.0 Å². The van der Waals surface area contributed by atoms with E-state index in [9.17, 15) is 14.7 Å². The van der Waals surface area contributed by atoms with Crippen LogP contribution in [0.5, 0.6) is 0 Å². The van der Waals surface area contributed by atoms with Crippen LogP contribution >= 0.6 is 0 Å². The summed E-state index contributed by atoms with van der Waals surface area (Å²) < 4.78 is 4.22. The molecular weight excluding hydrogens is 148 g/mol. The van der Waals surface area contributed by atoms with Crippen molar-refractivity contribution in [1.29, 1.82) is 0 Å². The highest BCUT2D eigenvalue weighted by Gasteiger charge is 2.28. The molecule has 0 aliphatic heterocycles. The number of hydrogen-bond donors (Lipinski definition) is 1. The Bertz CT molecular complexity index is 171. The SMILES string of the molecule is C=CC(=O)C(C)(O)COC=O. The Labute approximate surface area is 64.5 Å². The van der Waals surface area contributed by atoms with Gasteiger partial charge in [0, 0.05) is 0 Å². The maximum absolute atomic E-state index is 10.8. The van der Waals surface area contributed by atoms with Crippen LogP contribution in [-0.4, -0.2) is 29.6 Å². The number of hydrogen-bond acceptors (Lipinski definition) is 4. The molecular formula is C7H10O4. The van der Waals surface area contributed by atoms with E-state index in [1.807, 2.05) is 0 Å².